The summed E-state index contributed by atoms with van der Waals surface area (Å²) in [6, 6.07) is 17.8. The zero-order chi connectivity index (χ0) is 15.1. The fourth-order valence-electron chi connectivity index (χ4n) is 1.62. The van der Waals surface area contributed by atoms with Gasteiger partial charge in [-0.2, -0.15) is 0 Å². The van der Waals surface area contributed by atoms with Crippen LogP contribution in [-0.2, 0) is 16.1 Å². The summed E-state index contributed by atoms with van der Waals surface area (Å²) in [5.41, 5.74) is 1.30. The van der Waals surface area contributed by atoms with Gasteiger partial charge in [-0.25, -0.2) is 4.79 Å². The number of ketones is 1. The van der Waals surface area contributed by atoms with Crippen molar-refractivity contribution in [2.45, 2.75) is 11.6 Å². The van der Waals surface area contributed by atoms with Gasteiger partial charge in [0.2, 0.25) is 10.8 Å². The highest BCUT2D eigenvalue weighted by atomic mass is 79.9. The van der Waals surface area contributed by atoms with Crippen LogP contribution in [0.5, 0.6) is 0 Å². The fourth-order valence-corrected chi connectivity index (χ4v) is 2.04. The molecule has 108 valence electrons. The van der Waals surface area contributed by atoms with E-state index in [2.05, 4.69) is 15.9 Å². The lowest BCUT2D eigenvalue weighted by Crippen LogP contribution is -2.22. The Bertz CT molecular complexity index is 598. The maximum Gasteiger partial charge on any atom is 0.510 e. The van der Waals surface area contributed by atoms with Crippen LogP contribution in [0.1, 0.15) is 15.9 Å². The van der Waals surface area contributed by atoms with Gasteiger partial charge >= 0.3 is 6.16 Å². The molecule has 0 bridgehead atoms. The van der Waals surface area contributed by atoms with E-state index in [4.69, 9.17) is 9.47 Å². The number of alkyl halides is 1. The van der Waals surface area contributed by atoms with Crippen LogP contribution in [0.15, 0.2) is 60.7 Å². The number of carbonyl (C=O) groups excluding carboxylic acids is 2. The average Bonchev–Trinajstić information content (AvgIpc) is 2.54. The Morgan fingerprint density at radius 1 is 0.952 bits per heavy atom. The molecule has 0 aliphatic heterocycles. The average molecular weight is 349 g/mol. The molecule has 0 aliphatic carbocycles. The zero-order valence-corrected chi connectivity index (χ0v) is 12.7. The molecule has 5 heteroatoms. The van der Waals surface area contributed by atoms with Gasteiger partial charge in [0, 0.05) is 5.56 Å². The smallest absolute Gasteiger partial charge is 0.429 e. The summed E-state index contributed by atoms with van der Waals surface area (Å²) in [5, 5.41) is -1.07. The highest BCUT2D eigenvalue weighted by Gasteiger charge is 2.21. The van der Waals surface area contributed by atoms with Crippen molar-refractivity contribution in [3.05, 3.63) is 71.8 Å². The Hall–Kier alpha value is -2.14. The maximum absolute atomic E-state index is 12.0. The van der Waals surface area contributed by atoms with E-state index in [-0.39, 0.29) is 12.4 Å². The quantitative estimate of drug-likeness (QED) is 0.466. The molecule has 0 aliphatic rings. The number of benzene rings is 2. The van der Waals surface area contributed by atoms with Gasteiger partial charge < -0.3 is 9.47 Å². The summed E-state index contributed by atoms with van der Waals surface area (Å²) < 4.78 is 9.84. The van der Waals surface area contributed by atoms with E-state index in [9.17, 15) is 9.59 Å². The van der Waals surface area contributed by atoms with Crippen LogP contribution in [0.2, 0.25) is 0 Å². The number of rotatable bonds is 5. The number of ether oxygens (including phenoxy) is 2. The van der Waals surface area contributed by atoms with Crippen molar-refractivity contribution in [2.24, 2.45) is 0 Å². The van der Waals surface area contributed by atoms with Gasteiger partial charge in [-0.15, -0.1) is 0 Å². The van der Waals surface area contributed by atoms with Gasteiger partial charge in [-0.05, 0) is 21.5 Å². The van der Waals surface area contributed by atoms with E-state index < -0.39 is 11.2 Å². The summed E-state index contributed by atoms with van der Waals surface area (Å²) in [6.45, 7) is 0.0962. The Balaban J connectivity index is 1.83. The van der Waals surface area contributed by atoms with Crippen molar-refractivity contribution < 1.29 is 19.1 Å². The molecule has 2 aromatic carbocycles. The van der Waals surface area contributed by atoms with E-state index in [1.807, 2.05) is 30.3 Å². The molecule has 0 saturated carbocycles. The second-order valence-electron chi connectivity index (χ2n) is 4.19. The third-order valence-corrected chi connectivity index (χ3v) is 3.27. The summed E-state index contributed by atoms with van der Waals surface area (Å²) in [4.78, 5) is 23.5. The summed E-state index contributed by atoms with van der Waals surface area (Å²) in [7, 11) is 0. The Morgan fingerprint density at radius 2 is 1.52 bits per heavy atom. The standard InChI is InChI=1S/C16H13BrO4/c17-15(14(18)13-9-5-2-6-10-13)21-16(19)20-11-12-7-3-1-4-8-12/h1-10,15H,11H2. The lowest BCUT2D eigenvalue weighted by molar-refractivity contribution is 0.0400. The molecule has 0 radical (unpaired) electrons. The lowest BCUT2D eigenvalue weighted by atomic mass is 10.1. The topological polar surface area (TPSA) is 52.6 Å². The largest absolute Gasteiger partial charge is 0.510 e. The van der Waals surface area contributed by atoms with Crippen molar-refractivity contribution in [3.63, 3.8) is 0 Å². The predicted molar refractivity (Wildman–Crippen MR) is 81.2 cm³/mol. The Labute approximate surface area is 130 Å². The van der Waals surface area contributed by atoms with Gasteiger partial charge in [0.05, 0.1) is 0 Å². The van der Waals surface area contributed by atoms with E-state index in [1.54, 1.807) is 30.3 Å². The van der Waals surface area contributed by atoms with E-state index in [0.717, 1.165) is 5.56 Å². The fraction of sp³-hybridized carbons (Fsp3) is 0.125. The molecule has 0 spiro atoms. The second-order valence-corrected chi connectivity index (χ2v) is 5.02. The first-order valence-electron chi connectivity index (χ1n) is 6.27. The monoisotopic (exact) mass is 348 g/mol. The summed E-state index contributed by atoms with van der Waals surface area (Å²) in [6.07, 6.45) is -0.898. The predicted octanol–water partition coefficient (Wildman–Crippen LogP) is 3.94. The van der Waals surface area contributed by atoms with Crippen LogP contribution in [0.25, 0.3) is 0 Å². The van der Waals surface area contributed by atoms with Crippen LogP contribution in [-0.4, -0.2) is 17.0 Å². The number of carbonyl (C=O) groups is 2. The van der Waals surface area contributed by atoms with Gasteiger partial charge in [-0.3, -0.25) is 4.79 Å². The van der Waals surface area contributed by atoms with Gasteiger partial charge in [0.25, 0.3) is 0 Å². The SMILES string of the molecule is O=C(OCc1ccccc1)OC(Br)C(=O)c1ccccc1. The molecular formula is C16H13BrO4. The van der Waals surface area contributed by atoms with Crippen molar-refractivity contribution in [3.8, 4) is 0 Å². The van der Waals surface area contributed by atoms with Crippen molar-refractivity contribution >= 4 is 27.9 Å². The van der Waals surface area contributed by atoms with Crippen LogP contribution in [0.4, 0.5) is 4.79 Å². The molecule has 4 nitrogen and oxygen atoms in total. The Morgan fingerprint density at radius 3 is 2.14 bits per heavy atom. The number of hydrogen-bond acceptors (Lipinski definition) is 4. The first-order chi connectivity index (χ1) is 10.2. The highest BCUT2D eigenvalue weighted by molar-refractivity contribution is 9.09. The maximum atomic E-state index is 12.0. The second kappa shape index (κ2) is 7.59. The van der Waals surface area contributed by atoms with Crippen molar-refractivity contribution in [1.29, 1.82) is 0 Å². The molecule has 21 heavy (non-hydrogen) atoms. The van der Waals surface area contributed by atoms with Crippen LogP contribution in [0.3, 0.4) is 0 Å². The molecule has 1 unspecified atom stereocenters. The van der Waals surface area contributed by atoms with E-state index in [0.29, 0.717) is 5.56 Å². The van der Waals surface area contributed by atoms with Crippen LogP contribution in [0, 0.1) is 0 Å². The molecule has 1 atom stereocenters. The lowest BCUT2D eigenvalue weighted by Gasteiger charge is -2.11. The summed E-state index contributed by atoms with van der Waals surface area (Å²) in [5.74, 6) is -0.340. The number of Topliss-reactive ketones (excluding diaryl/α,β-unsaturated/α-hetero) is 1. The molecule has 0 amide bonds. The van der Waals surface area contributed by atoms with Gasteiger partial charge in [0.1, 0.15) is 6.61 Å². The molecule has 0 heterocycles. The zero-order valence-electron chi connectivity index (χ0n) is 11.1. The molecule has 0 N–H and O–H groups in total. The minimum atomic E-state index is -1.07. The Kier molecular flexibility index (Phi) is 5.51. The van der Waals surface area contributed by atoms with E-state index >= 15 is 0 Å². The van der Waals surface area contributed by atoms with Gasteiger partial charge in [-0.1, -0.05) is 60.7 Å². The molecule has 2 aromatic rings. The van der Waals surface area contributed by atoms with Gasteiger partial charge in [0.15, 0.2) is 0 Å². The van der Waals surface area contributed by atoms with Crippen LogP contribution < -0.4 is 0 Å². The van der Waals surface area contributed by atoms with Crippen molar-refractivity contribution in [2.75, 3.05) is 0 Å². The molecule has 2 rings (SSSR count). The minimum absolute atomic E-state index is 0.0962. The molecule has 0 fully saturated rings. The third kappa shape index (κ3) is 4.72. The molecule has 0 saturated heterocycles. The van der Waals surface area contributed by atoms with Crippen LogP contribution >= 0.6 is 15.9 Å². The first kappa shape index (κ1) is 15.3. The first-order valence-corrected chi connectivity index (χ1v) is 7.19. The molecular weight excluding hydrogens is 336 g/mol. The van der Waals surface area contributed by atoms with E-state index in [1.165, 1.54) is 0 Å². The third-order valence-electron chi connectivity index (χ3n) is 2.66. The highest BCUT2D eigenvalue weighted by Crippen LogP contribution is 2.13. The number of hydrogen-bond donors (Lipinski definition) is 0. The number of halogens is 1. The molecule has 0 aromatic heterocycles. The summed E-state index contributed by atoms with van der Waals surface area (Å²) >= 11 is 3.03. The minimum Gasteiger partial charge on any atom is -0.429 e. The van der Waals surface area contributed by atoms with Crippen molar-refractivity contribution in [1.82, 2.24) is 0 Å². The normalized spacial score (nSPS) is 11.5.